The first-order valence-corrected chi connectivity index (χ1v) is 6.82. The molecule has 0 aliphatic heterocycles. The minimum absolute atomic E-state index is 0.0240. The van der Waals surface area contributed by atoms with Gasteiger partial charge in [0.15, 0.2) is 0 Å². The Kier molecular flexibility index (Phi) is 6.02. The van der Waals surface area contributed by atoms with Crippen LogP contribution >= 0.6 is 0 Å². The van der Waals surface area contributed by atoms with E-state index in [2.05, 4.69) is 0 Å². The SMILES string of the molecule is CCOC(=O)C(CC(=O)C1CCCC1)C(=O)CC. The lowest BCUT2D eigenvalue weighted by Gasteiger charge is -2.15. The third-order valence-corrected chi connectivity index (χ3v) is 3.52. The molecule has 1 unspecified atom stereocenters. The Labute approximate surface area is 108 Å². The van der Waals surface area contributed by atoms with E-state index < -0.39 is 11.9 Å². The van der Waals surface area contributed by atoms with Crippen molar-refractivity contribution in [2.24, 2.45) is 11.8 Å². The lowest BCUT2D eigenvalue weighted by molar-refractivity contribution is -0.153. The van der Waals surface area contributed by atoms with Gasteiger partial charge in [0.2, 0.25) is 0 Å². The van der Waals surface area contributed by atoms with Gasteiger partial charge in [-0.3, -0.25) is 14.4 Å². The van der Waals surface area contributed by atoms with Crippen molar-refractivity contribution in [3.8, 4) is 0 Å². The van der Waals surface area contributed by atoms with Crippen molar-refractivity contribution in [3.05, 3.63) is 0 Å². The van der Waals surface area contributed by atoms with Gasteiger partial charge in [-0.1, -0.05) is 19.8 Å². The third kappa shape index (κ3) is 3.93. The zero-order valence-electron chi connectivity index (χ0n) is 11.2. The van der Waals surface area contributed by atoms with Gasteiger partial charge in [0.1, 0.15) is 17.5 Å². The normalized spacial score (nSPS) is 17.4. The minimum atomic E-state index is -0.886. The number of esters is 1. The highest BCUT2D eigenvalue weighted by Gasteiger charge is 2.32. The van der Waals surface area contributed by atoms with Crippen LogP contribution in [0.25, 0.3) is 0 Å². The second-order valence-electron chi connectivity index (χ2n) is 4.78. The van der Waals surface area contributed by atoms with Crippen LogP contribution in [0.1, 0.15) is 52.4 Å². The molecule has 1 aliphatic carbocycles. The quantitative estimate of drug-likeness (QED) is 0.516. The summed E-state index contributed by atoms with van der Waals surface area (Å²) in [5, 5.41) is 0. The summed E-state index contributed by atoms with van der Waals surface area (Å²) in [6, 6.07) is 0. The predicted molar refractivity (Wildman–Crippen MR) is 67.0 cm³/mol. The van der Waals surface area contributed by atoms with Gasteiger partial charge in [0.25, 0.3) is 0 Å². The summed E-state index contributed by atoms with van der Waals surface area (Å²) < 4.78 is 4.88. The summed E-state index contributed by atoms with van der Waals surface area (Å²) in [6.45, 7) is 3.64. The maximum atomic E-state index is 12.0. The maximum absolute atomic E-state index is 12.0. The molecule has 0 bridgehead atoms. The molecule has 0 spiro atoms. The standard InChI is InChI=1S/C14H22O4/c1-3-12(15)11(14(17)18-4-2)9-13(16)10-7-5-6-8-10/h10-11H,3-9H2,1-2H3. The molecule has 0 saturated heterocycles. The molecule has 0 aromatic heterocycles. The molecular weight excluding hydrogens is 232 g/mol. The first-order valence-electron chi connectivity index (χ1n) is 6.82. The first kappa shape index (κ1) is 14.9. The number of hydrogen-bond donors (Lipinski definition) is 0. The fourth-order valence-electron chi connectivity index (χ4n) is 2.43. The largest absolute Gasteiger partial charge is 0.465 e. The molecule has 1 fully saturated rings. The van der Waals surface area contributed by atoms with Crippen molar-refractivity contribution >= 4 is 17.5 Å². The van der Waals surface area contributed by atoms with E-state index in [0.717, 1.165) is 25.7 Å². The summed E-state index contributed by atoms with van der Waals surface area (Å²) in [5.41, 5.74) is 0. The van der Waals surface area contributed by atoms with E-state index in [1.807, 2.05) is 0 Å². The van der Waals surface area contributed by atoms with Crippen LogP contribution in [-0.4, -0.2) is 24.1 Å². The Hall–Kier alpha value is -1.19. The van der Waals surface area contributed by atoms with E-state index >= 15 is 0 Å². The van der Waals surface area contributed by atoms with Gasteiger partial charge in [-0.05, 0) is 19.8 Å². The number of Topliss-reactive ketones (excluding diaryl/α,β-unsaturated/α-hetero) is 2. The second kappa shape index (κ2) is 7.29. The van der Waals surface area contributed by atoms with Crippen LogP contribution in [0, 0.1) is 11.8 Å². The molecule has 1 atom stereocenters. The molecule has 0 aromatic carbocycles. The minimum Gasteiger partial charge on any atom is -0.465 e. The van der Waals surface area contributed by atoms with Crippen molar-refractivity contribution in [2.45, 2.75) is 52.4 Å². The van der Waals surface area contributed by atoms with Crippen LogP contribution in [0.15, 0.2) is 0 Å². The second-order valence-corrected chi connectivity index (χ2v) is 4.78. The fourth-order valence-corrected chi connectivity index (χ4v) is 2.43. The van der Waals surface area contributed by atoms with Crippen molar-refractivity contribution in [2.75, 3.05) is 6.61 Å². The lowest BCUT2D eigenvalue weighted by Crippen LogP contribution is -2.30. The van der Waals surface area contributed by atoms with E-state index in [0.29, 0.717) is 0 Å². The van der Waals surface area contributed by atoms with Crippen LogP contribution in [-0.2, 0) is 19.1 Å². The smallest absolute Gasteiger partial charge is 0.316 e. The zero-order chi connectivity index (χ0) is 13.5. The molecule has 0 radical (unpaired) electrons. The van der Waals surface area contributed by atoms with Crippen LogP contribution < -0.4 is 0 Å². The third-order valence-electron chi connectivity index (χ3n) is 3.52. The van der Waals surface area contributed by atoms with Crippen molar-refractivity contribution in [1.29, 1.82) is 0 Å². The van der Waals surface area contributed by atoms with Crippen LogP contribution in [0.5, 0.6) is 0 Å². The summed E-state index contributed by atoms with van der Waals surface area (Å²) in [5.74, 6) is -1.53. The average molecular weight is 254 g/mol. The highest BCUT2D eigenvalue weighted by molar-refractivity contribution is 6.02. The summed E-state index contributed by atoms with van der Waals surface area (Å²) in [7, 11) is 0. The van der Waals surface area contributed by atoms with Crippen molar-refractivity contribution < 1.29 is 19.1 Å². The Morgan fingerprint density at radius 1 is 1.17 bits per heavy atom. The Morgan fingerprint density at radius 2 is 1.78 bits per heavy atom. The molecule has 4 nitrogen and oxygen atoms in total. The Balaban J connectivity index is 2.62. The first-order chi connectivity index (χ1) is 8.60. The van der Waals surface area contributed by atoms with E-state index in [1.165, 1.54) is 0 Å². The van der Waals surface area contributed by atoms with Crippen LogP contribution in [0.3, 0.4) is 0 Å². The topological polar surface area (TPSA) is 60.4 Å². The molecule has 0 heterocycles. The number of rotatable bonds is 7. The molecular formula is C14H22O4. The van der Waals surface area contributed by atoms with Gasteiger partial charge in [-0.25, -0.2) is 0 Å². The average Bonchev–Trinajstić information content (AvgIpc) is 2.88. The van der Waals surface area contributed by atoms with Gasteiger partial charge in [-0.2, -0.15) is 0 Å². The zero-order valence-corrected chi connectivity index (χ0v) is 11.2. The Morgan fingerprint density at radius 3 is 2.28 bits per heavy atom. The number of ketones is 2. The molecule has 102 valence electrons. The van der Waals surface area contributed by atoms with Gasteiger partial charge in [0.05, 0.1) is 6.61 Å². The van der Waals surface area contributed by atoms with E-state index in [1.54, 1.807) is 13.8 Å². The molecule has 0 N–H and O–H groups in total. The molecule has 1 aliphatic rings. The van der Waals surface area contributed by atoms with E-state index in [9.17, 15) is 14.4 Å². The number of carbonyl (C=O) groups is 3. The molecule has 0 amide bonds. The van der Waals surface area contributed by atoms with Gasteiger partial charge >= 0.3 is 5.97 Å². The van der Waals surface area contributed by atoms with Gasteiger partial charge in [-0.15, -0.1) is 0 Å². The van der Waals surface area contributed by atoms with Crippen molar-refractivity contribution in [3.63, 3.8) is 0 Å². The highest BCUT2D eigenvalue weighted by atomic mass is 16.5. The molecule has 18 heavy (non-hydrogen) atoms. The molecule has 0 aromatic rings. The highest BCUT2D eigenvalue weighted by Crippen LogP contribution is 2.28. The fraction of sp³-hybridized carbons (Fsp3) is 0.786. The van der Waals surface area contributed by atoms with E-state index in [-0.39, 0.29) is 36.9 Å². The predicted octanol–water partition coefficient (Wildman–Crippen LogP) is 2.29. The number of hydrogen-bond acceptors (Lipinski definition) is 4. The number of carbonyl (C=O) groups excluding carboxylic acids is 3. The molecule has 1 saturated carbocycles. The maximum Gasteiger partial charge on any atom is 0.316 e. The van der Waals surface area contributed by atoms with Crippen LogP contribution in [0.4, 0.5) is 0 Å². The summed E-state index contributed by atoms with van der Waals surface area (Å²) in [4.78, 5) is 35.4. The molecule has 4 heteroatoms. The monoisotopic (exact) mass is 254 g/mol. The summed E-state index contributed by atoms with van der Waals surface area (Å²) in [6.07, 6.45) is 4.23. The summed E-state index contributed by atoms with van der Waals surface area (Å²) >= 11 is 0. The van der Waals surface area contributed by atoms with Gasteiger partial charge < -0.3 is 4.74 Å². The lowest BCUT2D eigenvalue weighted by atomic mass is 9.90. The van der Waals surface area contributed by atoms with Crippen molar-refractivity contribution in [1.82, 2.24) is 0 Å². The van der Waals surface area contributed by atoms with Crippen LogP contribution in [0.2, 0.25) is 0 Å². The van der Waals surface area contributed by atoms with E-state index in [4.69, 9.17) is 4.74 Å². The Bertz CT molecular complexity index is 316. The van der Waals surface area contributed by atoms with Gasteiger partial charge in [0, 0.05) is 18.8 Å². The number of ether oxygens (including phenoxy) is 1. The molecule has 1 rings (SSSR count).